The second-order valence-corrected chi connectivity index (χ2v) is 9.58. The fourth-order valence-electron chi connectivity index (χ4n) is 4.60. The van der Waals surface area contributed by atoms with Crippen molar-refractivity contribution in [3.8, 4) is 11.5 Å². The number of ether oxygens (including phenoxy) is 2. The molecule has 2 N–H and O–H groups in total. The number of imidazole rings is 1. The average Bonchev–Trinajstić information content (AvgIpc) is 3.65. The van der Waals surface area contributed by atoms with Crippen molar-refractivity contribution < 1.29 is 23.5 Å². The van der Waals surface area contributed by atoms with Gasteiger partial charge in [0.05, 0.1) is 6.33 Å². The molecule has 0 bridgehead atoms. The van der Waals surface area contributed by atoms with Crippen LogP contribution in [-0.4, -0.2) is 33.0 Å². The first-order valence-electron chi connectivity index (χ1n) is 12.6. The zero-order valence-electron chi connectivity index (χ0n) is 20.5. The molecule has 10 heteroatoms. The molecule has 1 aliphatic heterocycles. The fraction of sp³-hybridized carbons (Fsp3) is 0.286. The van der Waals surface area contributed by atoms with Gasteiger partial charge in [-0.25, -0.2) is 14.4 Å². The fourth-order valence-corrected chi connectivity index (χ4v) is 4.60. The van der Waals surface area contributed by atoms with Crippen molar-refractivity contribution in [3.05, 3.63) is 72.9 Å². The molecule has 2 amide bonds. The van der Waals surface area contributed by atoms with Crippen LogP contribution in [0.15, 0.2) is 67.1 Å². The molecule has 6 rings (SSSR count). The monoisotopic (exact) mass is 515 g/mol. The molecule has 1 atom stereocenters. The van der Waals surface area contributed by atoms with Crippen molar-refractivity contribution in [2.24, 2.45) is 5.41 Å². The highest BCUT2D eigenvalue weighted by Crippen LogP contribution is 2.47. The summed E-state index contributed by atoms with van der Waals surface area (Å²) in [7, 11) is 0. The molecule has 9 nitrogen and oxygen atoms in total. The number of amides is 2. The van der Waals surface area contributed by atoms with Crippen LogP contribution in [-0.2, 0) is 14.3 Å². The number of carbonyl (C=O) groups is 2. The first-order valence-corrected chi connectivity index (χ1v) is 12.6. The summed E-state index contributed by atoms with van der Waals surface area (Å²) in [5.41, 5.74) is 1.20. The highest BCUT2D eigenvalue weighted by Gasteiger charge is 2.56. The van der Waals surface area contributed by atoms with E-state index in [0.717, 1.165) is 25.9 Å². The zero-order valence-corrected chi connectivity index (χ0v) is 20.5. The molecule has 0 spiro atoms. The van der Waals surface area contributed by atoms with Crippen LogP contribution in [0.4, 0.5) is 15.8 Å². The van der Waals surface area contributed by atoms with Gasteiger partial charge in [-0.1, -0.05) is 0 Å². The van der Waals surface area contributed by atoms with Gasteiger partial charge in [-0.2, -0.15) is 0 Å². The average molecular weight is 516 g/mol. The van der Waals surface area contributed by atoms with E-state index in [1.807, 2.05) is 4.57 Å². The number of fused-ring (bicyclic) bond motifs is 1. The summed E-state index contributed by atoms with van der Waals surface area (Å²) in [6.07, 6.45) is 7.31. The Hall–Kier alpha value is -4.31. The van der Waals surface area contributed by atoms with Crippen LogP contribution in [0.3, 0.4) is 0 Å². The molecule has 0 radical (unpaired) electrons. The molecule has 1 saturated carbocycles. The van der Waals surface area contributed by atoms with E-state index in [1.165, 1.54) is 24.3 Å². The summed E-state index contributed by atoms with van der Waals surface area (Å²) in [6, 6.07) is 14.1. The number of nitrogens with one attached hydrogen (secondary N) is 2. The molecule has 3 heterocycles. The molecule has 2 aliphatic rings. The van der Waals surface area contributed by atoms with Crippen LogP contribution in [0.25, 0.3) is 11.2 Å². The standard InChI is InChI=1S/C28H26FN5O4/c29-18-4-6-19(7-5-18)32-26(35)28(13-14-28)27(36)33-20-8-10-21(11-9-20)38-22-12-15-30-25-24(22)31-17-34(25)23-3-1-2-16-37-23/h4-12,15,17,23H,1-3,13-14,16H2,(H,32,35)(H,33,36). The van der Waals surface area contributed by atoms with Gasteiger partial charge in [0, 0.05) is 30.2 Å². The van der Waals surface area contributed by atoms with Crippen molar-refractivity contribution in [2.75, 3.05) is 17.2 Å². The Labute approximate surface area is 218 Å². The minimum atomic E-state index is -1.13. The Bertz CT molecular complexity index is 1480. The maximum absolute atomic E-state index is 13.1. The third kappa shape index (κ3) is 4.70. The molecule has 2 aromatic carbocycles. The third-order valence-corrected chi connectivity index (χ3v) is 6.95. The highest BCUT2D eigenvalue weighted by molar-refractivity contribution is 6.16. The van der Waals surface area contributed by atoms with E-state index in [9.17, 15) is 14.0 Å². The molecular weight excluding hydrogens is 489 g/mol. The Kier molecular flexibility index (Phi) is 6.24. The van der Waals surface area contributed by atoms with Gasteiger partial charge < -0.3 is 20.1 Å². The lowest BCUT2D eigenvalue weighted by Crippen LogP contribution is -2.35. The van der Waals surface area contributed by atoms with Gasteiger partial charge >= 0.3 is 0 Å². The van der Waals surface area contributed by atoms with Crippen LogP contribution in [0.2, 0.25) is 0 Å². The van der Waals surface area contributed by atoms with Gasteiger partial charge in [0.2, 0.25) is 11.8 Å². The number of pyridine rings is 1. The molecule has 1 unspecified atom stereocenters. The maximum atomic E-state index is 13.1. The lowest BCUT2D eigenvalue weighted by atomic mass is 10.0. The SMILES string of the molecule is O=C(Nc1ccc(F)cc1)C1(C(=O)Nc2ccc(Oc3ccnc4c3ncn4C3CCCCO3)cc2)CC1. The maximum Gasteiger partial charge on any atom is 0.240 e. The van der Waals surface area contributed by atoms with Crippen molar-refractivity contribution in [2.45, 2.75) is 38.3 Å². The van der Waals surface area contributed by atoms with Gasteiger partial charge in [-0.3, -0.25) is 14.2 Å². The smallest absolute Gasteiger partial charge is 0.240 e. The van der Waals surface area contributed by atoms with Gasteiger partial charge in [0.15, 0.2) is 16.9 Å². The number of nitrogens with zero attached hydrogens (tertiary/aromatic N) is 3. The van der Waals surface area contributed by atoms with E-state index in [4.69, 9.17) is 9.47 Å². The number of benzene rings is 2. The second-order valence-electron chi connectivity index (χ2n) is 9.58. The van der Waals surface area contributed by atoms with Crippen LogP contribution in [0, 0.1) is 11.2 Å². The quantitative estimate of drug-likeness (QED) is 0.318. The first kappa shape index (κ1) is 24.1. The lowest BCUT2D eigenvalue weighted by Gasteiger charge is -2.23. The van der Waals surface area contributed by atoms with Gasteiger partial charge in [0.25, 0.3) is 0 Å². The van der Waals surface area contributed by atoms with E-state index in [0.29, 0.717) is 46.9 Å². The molecule has 38 heavy (non-hydrogen) atoms. The summed E-state index contributed by atoms with van der Waals surface area (Å²) in [4.78, 5) is 34.7. The second kappa shape index (κ2) is 9.86. The summed E-state index contributed by atoms with van der Waals surface area (Å²) < 4.78 is 27.0. The summed E-state index contributed by atoms with van der Waals surface area (Å²) in [6.45, 7) is 0.726. The molecule has 2 fully saturated rings. The number of hydrogen-bond acceptors (Lipinski definition) is 6. The Morgan fingerprint density at radius 1 is 0.947 bits per heavy atom. The lowest BCUT2D eigenvalue weighted by molar-refractivity contribution is -0.131. The Balaban J connectivity index is 1.11. The molecule has 1 saturated heterocycles. The first-order chi connectivity index (χ1) is 18.5. The zero-order chi connectivity index (χ0) is 26.1. The number of carbonyl (C=O) groups excluding carboxylic acids is 2. The molecule has 4 aromatic rings. The molecule has 2 aromatic heterocycles. The van der Waals surface area contributed by atoms with Crippen molar-refractivity contribution >= 4 is 34.4 Å². The van der Waals surface area contributed by atoms with Gasteiger partial charge in [0.1, 0.15) is 23.2 Å². The van der Waals surface area contributed by atoms with Crippen molar-refractivity contribution in [1.29, 1.82) is 0 Å². The van der Waals surface area contributed by atoms with Crippen LogP contribution in [0.5, 0.6) is 11.5 Å². The Morgan fingerprint density at radius 3 is 2.26 bits per heavy atom. The van der Waals surface area contributed by atoms with E-state index < -0.39 is 17.1 Å². The van der Waals surface area contributed by atoms with Gasteiger partial charge in [-0.05, 0) is 80.6 Å². The van der Waals surface area contributed by atoms with Crippen molar-refractivity contribution in [3.63, 3.8) is 0 Å². The summed E-state index contributed by atoms with van der Waals surface area (Å²) in [5.74, 6) is -0.0466. The molecule has 1 aliphatic carbocycles. The third-order valence-electron chi connectivity index (χ3n) is 6.95. The number of hydrogen-bond donors (Lipinski definition) is 2. The van der Waals surface area contributed by atoms with E-state index >= 15 is 0 Å². The number of aromatic nitrogens is 3. The topological polar surface area (TPSA) is 107 Å². The number of anilines is 2. The highest BCUT2D eigenvalue weighted by atomic mass is 19.1. The van der Waals surface area contributed by atoms with E-state index in [1.54, 1.807) is 42.9 Å². The van der Waals surface area contributed by atoms with Crippen LogP contribution < -0.4 is 15.4 Å². The number of rotatable bonds is 7. The van der Waals surface area contributed by atoms with Crippen LogP contribution in [0.1, 0.15) is 38.3 Å². The summed E-state index contributed by atoms with van der Waals surface area (Å²) >= 11 is 0. The minimum absolute atomic E-state index is 0.0769. The van der Waals surface area contributed by atoms with E-state index in [-0.39, 0.29) is 12.1 Å². The number of halogens is 1. The normalized spacial score (nSPS) is 18.1. The predicted octanol–water partition coefficient (Wildman–Crippen LogP) is 5.42. The Morgan fingerprint density at radius 2 is 1.63 bits per heavy atom. The molecular formula is C28H26FN5O4. The van der Waals surface area contributed by atoms with Crippen molar-refractivity contribution in [1.82, 2.24) is 14.5 Å². The van der Waals surface area contributed by atoms with Gasteiger partial charge in [-0.15, -0.1) is 0 Å². The van der Waals surface area contributed by atoms with Crippen LogP contribution >= 0.6 is 0 Å². The summed E-state index contributed by atoms with van der Waals surface area (Å²) in [5, 5.41) is 5.53. The minimum Gasteiger partial charge on any atom is -0.455 e. The largest absolute Gasteiger partial charge is 0.455 e. The predicted molar refractivity (Wildman–Crippen MR) is 138 cm³/mol. The molecule has 194 valence electrons. The van der Waals surface area contributed by atoms with E-state index in [2.05, 4.69) is 20.6 Å².